The molecule has 16 nitrogen and oxygen atoms in total. The lowest BCUT2D eigenvalue weighted by atomic mass is 9.76. The van der Waals surface area contributed by atoms with Crippen LogP contribution < -0.4 is 5.32 Å². The second kappa shape index (κ2) is 11.3. The second-order valence-electron chi connectivity index (χ2n) is 9.91. The molecule has 1 amide bonds. The van der Waals surface area contributed by atoms with Crippen molar-refractivity contribution in [3.63, 3.8) is 0 Å². The van der Waals surface area contributed by atoms with Crippen molar-refractivity contribution in [3.8, 4) is 0 Å². The lowest BCUT2D eigenvalue weighted by molar-refractivity contribution is -0.411. The fraction of sp³-hybridized carbons (Fsp3) is 0.950. The Hall–Kier alpha value is -0.873. The lowest BCUT2D eigenvalue weighted by Gasteiger charge is -2.59. The van der Waals surface area contributed by atoms with Crippen LogP contribution in [0, 0.1) is 0 Å². The molecule has 0 aromatic heterocycles. The van der Waals surface area contributed by atoms with Crippen LogP contribution in [0.5, 0.6) is 0 Å². The third kappa shape index (κ3) is 5.20. The fourth-order valence-corrected chi connectivity index (χ4v) is 5.97. The number of amides is 1. The van der Waals surface area contributed by atoms with Crippen LogP contribution in [0.1, 0.15) is 13.8 Å². The molecular weight excluding hydrogens is 522 g/mol. The first-order valence-corrected chi connectivity index (χ1v) is 12.8. The van der Waals surface area contributed by atoms with E-state index in [0.29, 0.717) is 0 Å². The molecule has 216 valence electrons. The van der Waals surface area contributed by atoms with Crippen LogP contribution in [-0.2, 0) is 23.7 Å². The summed E-state index contributed by atoms with van der Waals surface area (Å²) in [6, 6.07) is -1.47. The first-order valence-electron chi connectivity index (χ1n) is 11.8. The standard InChI is InChI=1S/C20H37NO15Si/c1-5-10(25)12(27)13(28)16(33-5)19(31)18(35-8(4-23)15(29)20(19,32)37)36-14-7(3-22)34-17(30)9(11(14)26)21-6(2)24/h5,7-18,22-23,25-32H,3-4H2,1-2,37H3,(H,21,24)/t5-,7+,8+,9+,10+,11+,12+,13-,14+,15-,16?,17?,18-,19-,20+/m0/s1. The van der Waals surface area contributed by atoms with Crippen molar-refractivity contribution in [2.45, 2.75) is 104 Å². The molecule has 3 heterocycles. The Morgan fingerprint density at radius 2 is 1.51 bits per heavy atom. The predicted octanol–water partition coefficient (Wildman–Crippen LogP) is -8.32. The van der Waals surface area contributed by atoms with Crippen molar-refractivity contribution in [1.29, 1.82) is 0 Å². The topological polar surface area (TPSA) is 268 Å². The third-order valence-corrected chi connectivity index (χ3v) is 8.78. The Bertz CT molecular complexity index is 808. The van der Waals surface area contributed by atoms with Gasteiger partial charge >= 0.3 is 0 Å². The van der Waals surface area contributed by atoms with Crippen molar-refractivity contribution in [2.24, 2.45) is 0 Å². The normalized spacial score (nSPS) is 53.1. The van der Waals surface area contributed by atoms with Gasteiger partial charge in [0.25, 0.3) is 0 Å². The molecule has 3 aliphatic heterocycles. The Kier molecular flexibility index (Phi) is 9.38. The lowest BCUT2D eigenvalue weighted by Crippen LogP contribution is -2.83. The Morgan fingerprint density at radius 3 is 2.05 bits per heavy atom. The number of ether oxygens (including phenoxy) is 4. The van der Waals surface area contributed by atoms with E-state index < -0.39 is 120 Å². The summed E-state index contributed by atoms with van der Waals surface area (Å²) in [6.45, 7) is 0.717. The van der Waals surface area contributed by atoms with E-state index >= 15 is 0 Å². The molecule has 15 atom stereocenters. The zero-order chi connectivity index (χ0) is 28.0. The van der Waals surface area contributed by atoms with Gasteiger partial charge in [0.1, 0.15) is 66.2 Å². The number of rotatable bonds is 6. The number of hydrogen-bond donors (Lipinski definition) is 11. The van der Waals surface area contributed by atoms with Gasteiger partial charge in [-0.1, -0.05) is 0 Å². The number of nitrogens with one attached hydrogen (secondary N) is 1. The molecule has 3 aliphatic rings. The monoisotopic (exact) mass is 559 g/mol. The minimum absolute atomic E-state index is 0.453. The summed E-state index contributed by atoms with van der Waals surface area (Å²) in [5.74, 6) is -0.656. The van der Waals surface area contributed by atoms with Gasteiger partial charge in [0.05, 0.1) is 29.6 Å². The van der Waals surface area contributed by atoms with Gasteiger partial charge in [-0.25, -0.2) is 0 Å². The van der Waals surface area contributed by atoms with Gasteiger partial charge in [-0.05, 0) is 6.92 Å². The summed E-state index contributed by atoms with van der Waals surface area (Å²) < 4.78 is 22.1. The van der Waals surface area contributed by atoms with Gasteiger partial charge in [0.15, 0.2) is 18.2 Å². The Labute approximate surface area is 214 Å². The van der Waals surface area contributed by atoms with E-state index in [1.807, 2.05) is 0 Å². The van der Waals surface area contributed by atoms with Crippen molar-refractivity contribution in [2.75, 3.05) is 13.2 Å². The van der Waals surface area contributed by atoms with Crippen molar-refractivity contribution in [3.05, 3.63) is 0 Å². The summed E-state index contributed by atoms with van der Waals surface area (Å²) in [5.41, 5.74) is -2.90. The van der Waals surface area contributed by atoms with E-state index in [-0.39, 0.29) is 0 Å². The van der Waals surface area contributed by atoms with Crippen LogP contribution in [-0.4, -0.2) is 171 Å². The minimum Gasteiger partial charge on any atom is -0.394 e. The second-order valence-corrected chi connectivity index (χ2v) is 11.4. The molecule has 0 aromatic rings. The molecular formula is C20H37NO15Si. The van der Waals surface area contributed by atoms with Crippen LogP contribution in [0.4, 0.5) is 0 Å². The highest BCUT2D eigenvalue weighted by Gasteiger charge is 2.70. The number of carbonyl (C=O) groups excluding carboxylic acids is 1. The number of carbonyl (C=O) groups is 1. The van der Waals surface area contributed by atoms with Crippen LogP contribution in [0.15, 0.2) is 0 Å². The van der Waals surface area contributed by atoms with Crippen molar-refractivity contribution >= 4 is 16.1 Å². The number of hydrogen-bond acceptors (Lipinski definition) is 15. The fourth-order valence-electron chi connectivity index (χ4n) is 5.07. The zero-order valence-corrected chi connectivity index (χ0v) is 22.4. The van der Waals surface area contributed by atoms with Gasteiger partial charge in [-0.3, -0.25) is 4.79 Å². The Balaban J connectivity index is 2.05. The Morgan fingerprint density at radius 1 is 0.919 bits per heavy atom. The molecule has 0 radical (unpaired) electrons. The van der Waals surface area contributed by atoms with Gasteiger partial charge in [-0.2, -0.15) is 0 Å². The SMILES string of the molecule is CC(=O)N[C@H]1C(O)O[C@H](CO)[C@@H](O[C@@H]2O[C@H](CO)[C@H](O)[C@@](O)([SiH3])[C@]2(O)C2O[C@@H](C)[C@@H](O)[C@@H](O)[C@@H]2O)[C@@H]1O. The molecule has 17 heteroatoms. The quantitative estimate of drug-likeness (QED) is 0.135. The summed E-state index contributed by atoms with van der Waals surface area (Å²) in [5, 5.41) is 105. The van der Waals surface area contributed by atoms with Gasteiger partial charge < -0.3 is 75.3 Å². The van der Waals surface area contributed by atoms with E-state index in [0.717, 1.165) is 6.92 Å². The van der Waals surface area contributed by atoms with E-state index in [2.05, 4.69) is 5.32 Å². The molecule has 3 rings (SSSR count). The van der Waals surface area contributed by atoms with E-state index in [1.54, 1.807) is 0 Å². The summed E-state index contributed by atoms with van der Waals surface area (Å²) in [7, 11) is -0.453. The number of aliphatic hydroxyl groups excluding tert-OH is 8. The zero-order valence-electron chi connectivity index (χ0n) is 20.4. The average Bonchev–Trinajstić information content (AvgIpc) is 2.84. The largest absolute Gasteiger partial charge is 0.394 e. The summed E-state index contributed by atoms with van der Waals surface area (Å²) in [4.78, 5) is 11.6. The van der Waals surface area contributed by atoms with Crippen LogP contribution in [0.25, 0.3) is 0 Å². The molecule has 0 aromatic carbocycles. The van der Waals surface area contributed by atoms with Gasteiger partial charge in [0.2, 0.25) is 5.91 Å². The maximum absolute atomic E-state index is 11.9. The third-order valence-electron chi connectivity index (χ3n) is 7.39. The molecule has 11 N–H and O–H groups in total. The summed E-state index contributed by atoms with van der Waals surface area (Å²) in [6.07, 6.45) is -20.9. The minimum atomic E-state index is -2.90. The smallest absolute Gasteiger partial charge is 0.217 e. The van der Waals surface area contributed by atoms with Gasteiger partial charge in [-0.15, -0.1) is 0 Å². The first kappa shape index (κ1) is 30.7. The molecule has 0 aliphatic carbocycles. The highest BCUT2D eigenvalue weighted by Crippen LogP contribution is 2.44. The summed E-state index contributed by atoms with van der Waals surface area (Å²) >= 11 is 0. The first-order chi connectivity index (χ1) is 17.1. The van der Waals surface area contributed by atoms with Crippen molar-refractivity contribution < 1.29 is 74.8 Å². The maximum Gasteiger partial charge on any atom is 0.217 e. The molecule has 0 bridgehead atoms. The van der Waals surface area contributed by atoms with Crippen LogP contribution >= 0.6 is 0 Å². The van der Waals surface area contributed by atoms with E-state index in [4.69, 9.17) is 18.9 Å². The molecule has 0 saturated carbocycles. The number of aliphatic hydroxyl groups is 10. The molecule has 3 saturated heterocycles. The van der Waals surface area contributed by atoms with Crippen molar-refractivity contribution in [1.82, 2.24) is 5.32 Å². The van der Waals surface area contributed by atoms with Crippen LogP contribution in [0.3, 0.4) is 0 Å². The maximum atomic E-state index is 11.9. The van der Waals surface area contributed by atoms with Gasteiger partial charge in [0, 0.05) is 6.92 Å². The predicted molar refractivity (Wildman–Crippen MR) is 120 cm³/mol. The molecule has 3 fully saturated rings. The van der Waals surface area contributed by atoms with E-state index in [9.17, 15) is 55.9 Å². The average molecular weight is 560 g/mol. The highest BCUT2D eigenvalue weighted by atomic mass is 28.1. The van der Waals surface area contributed by atoms with Crippen LogP contribution in [0.2, 0.25) is 0 Å². The molecule has 2 unspecified atom stereocenters. The highest BCUT2D eigenvalue weighted by molar-refractivity contribution is 6.16. The van der Waals surface area contributed by atoms with E-state index in [1.165, 1.54) is 6.92 Å². The molecule has 0 spiro atoms. The molecule has 37 heavy (non-hydrogen) atoms.